The summed E-state index contributed by atoms with van der Waals surface area (Å²) in [5.74, 6) is -0.228. The van der Waals surface area contributed by atoms with Crippen LogP contribution in [0.15, 0.2) is 18.2 Å². The lowest BCUT2D eigenvalue weighted by molar-refractivity contribution is -0.384. The number of methoxy groups -OCH3 is 1. The standard InChI is InChI=1S/C14H14N4O5/c1-22-12-6-8(18(20)21)2-3-11(12)15-14(19)13-9-7-23-5-4-10(9)16-17-13/h2-3,6H,4-5,7H2,1H3,(H,15,19)(H,16,17). The molecule has 1 aromatic heterocycles. The first-order valence-corrected chi connectivity index (χ1v) is 6.87. The molecule has 2 N–H and O–H groups in total. The molecule has 0 atom stereocenters. The van der Waals surface area contributed by atoms with Gasteiger partial charge in [-0.3, -0.25) is 20.0 Å². The second-order valence-corrected chi connectivity index (χ2v) is 4.93. The monoisotopic (exact) mass is 318 g/mol. The molecule has 3 rings (SSSR count). The van der Waals surface area contributed by atoms with Crippen molar-refractivity contribution in [3.8, 4) is 5.75 Å². The molecule has 120 valence electrons. The van der Waals surface area contributed by atoms with Crippen LogP contribution in [0.5, 0.6) is 5.75 Å². The number of carbonyl (C=O) groups excluding carboxylic acids is 1. The van der Waals surface area contributed by atoms with Crippen LogP contribution in [0.2, 0.25) is 0 Å². The first-order valence-electron chi connectivity index (χ1n) is 6.87. The van der Waals surface area contributed by atoms with Gasteiger partial charge in [0.1, 0.15) is 5.75 Å². The summed E-state index contributed by atoms with van der Waals surface area (Å²) in [6.45, 7) is 0.915. The Morgan fingerprint density at radius 3 is 3.09 bits per heavy atom. The highest BCUT2D eigenvalue weighted by Crippen LogP contribution is 2.29. The van der Waals surface area contributed by atoms with Crippen LogP contribution in [0, 0.1) is 10.1 Å². The van der Waals surface area contributed by atoms with Crippen LogP contribution in [0.25, 0.3) is 0 Å². The fourth-order valence-corrected chi connectivity index (χ4v) is 2.38. The van der Waals surface area contributed by atoms with Crippen LogP contribution < -0.4 is 10.1 Å². The minimum absolute atomic E-state index is 0.120. The van der Waals surface area contributed by atoms with Crippen LogP contribution in [-0.2, 0) is 17.8 Å². The van der Waals surface area contributed by atoms with Gasteiger partial charge < -0.3 is 14.8 Å². The van der Waals surface area contributed by atoms with Gasteiger partial charge in [0, 0.05) is 23.7 Å². The van der Waals surface area contributed by atoms with Gasteiger partial charge in [0.25, 0.3) is 11.6 Å². The van der Waals surface area contributed by atoms with Crippen molar-refractivity contribution in [1.82, 2.24) is 10.2 Å². The number of non-ortho nitro benzene ring substituents is 1. The second kappa shape index (κ2) is 6.05. The zero-order valence-electron chi connectivity index (χ0n) is 12.3. The summed E-state index contributed by atoms with van der Waals surface area (Å²) < 4.78 is 10.4. The number of ether oxygens (including phenoxy) is 2. The van der Waals surface area contributed by atoms with Crippen LogP contribution in [0.1, 0.15) is 21.7 Å². The molecule has 0 spiro atoms. The van der Waals surface area contributed by atoms with Gasteiger partial charge in [-0.1, -0.05) is 0 Å². The average Bonchev–Trinajstić information content (AvgIpc) is 2.99. The molecule has 0 bridgehead atoms. The Morgan fingerprint density at radius 1 is 1.52 bits per heavy atom. The Labute approximate surface area is 130 Å². The molecule has 2 aromatic rings. The number of nitrogens with one attached hydrogen (secondary N) is 2. The summed E-state index contributed by atoms with van der Waals surface area (Å²) in [6, 6.07) is 3.96. The van der Waals surface area contributed by atoms with E-state index in [0.717, 1.165) is 11.3 Å². The maximum absolute atomic E-state index is 12.4. The van der Waals surface area contributed by atoms with E-state index in [1.54, 1.807) is 0 Å². The SMILES string of the molecule is COc1cc([N+](=O)[O-])ccc1NC(=O)c1n[nH]c2c1COCC2. The number of rotatable bonds is 4. The fraction of sp³-hybridized carbons (Fsp3) is 0.286. The number of anilines is 1. The van der Waals surface area contributed by atoms with E-state index >= 15 is 0 Å². The zero-order chi connectivity index (χ0) is 16.4. The van der Waals surface area contributed by atoms with E-state index in [2.05, 4.69) is 15.5 Å². The summed E-state index contributed by atoms with van der Waals surface area (Å²) in [5.41, 5.74) is 2.08. The van der Waals surface area contributed by atoms with Crippen molar-refractivity contribution in [3.05, 3.63) is 45.3 Å². The van der Waals surface area contributed by atoms with Crippen molar-refractivity contribution in [3.63, 3.8) is 0 Å². The van der Waals surface area contributed by atoms with Gasteiger partial charge in [-0.25, -0.2) is 0 Å². The van der Waals surface area contributed by atoms with Gasteiger partial charge in [0.05, 0.1) is 37.0 Å². The molecular formula is C14H14N4O5. The fourth-order valence-electron chi connectivity index (χ4n) is 2.38. The molecule has 1 aliphatic heterocycles. The summed E-state index contributed by atoms with van der Waals surface area (Å²) >= 11 is 0. The summed E-state index contributed by atoms with van der Waals surface area (Å²) in [5, 5.41) is 20.3. The topological polar surface area (TPSA) is 119 Å². The minimum atomic E-state index is -0.532. The highest BCUT2D eigenvalue weighted by molar-refractivity contribution is 6.04. The molecular weight excluding hydrogens is 304 g/mol. The molecule has 0 unspecified atom stereocenters. The smallest absolute Gasteiger partial charge is 0.276 e. The lowest BCUT2D eigenvalue weighted by Crippen LogP contribution is -2.17. The van der Waals surface area contributed by atoms with E-state index in [9.17, 15) is 14.9 Å². The lowest BCUT2D eigenvalue weighted by atomic mass is 10.1. The predicted octanol–water partition coefficient (Wildman–Crippen LogP) is 1.65. The number of carbonyl (C=O) groups is 1. The van der Waals surface area contributed by atoms with Crippen LogP contribution in [-0.4, -0.2) is 34.7 Å². The van der Waals surface area contributed by atoms with Gasteiger partial charge >= 0.3 is 0 Å². The molecule has 9 nitrogen and oxygen atoms in total. The molecule has 1 aliphatic rings. The Kier molecular flexibility index (Phi) is 3.94. The number of fused-ring (bicyclic) bond motifs is 1. The van der Waals surface area contributed by atoms with Crippen molar-refractivity contribution in [1.29, 1.82) is 0 Å². The zero-order valence-corrected chi connectivity index (χ0v) is 12.3. The molecule has 2 heterocycles. The summed E-state index contributed by atoms with van der Waals surface area (Å²) in [6.07, 6.45) is 0.677. The number of hydrogen-bond acceptors (Lipinski definition) is 6. The van der Waals surface area contributed by atoms with E-state index in [1.165, 1.54) is 25.3 Å². The summed E-state index contributed by atoms with van der Waals surface area (Å²) in [7, 11) is 1.37. The van der Waals surface area contributed by atoms with E-state index < -0.39 is 10.8 Å². The molecule has 0 saturated heterocycles. The molecule has 0 fully saturated rings. The molecule has 9 heteroatoms. The number of nitro groups is 1. The highest BCUT2D eigenvalue weighted by atomic mass is 16.6. The maximum Gasteiger partial charge on any atom is 0.276 e. The third-order valence-corrected chi connectivity index (χ3v) is 3.55. The highest BCUT2D eigenvalue weighted by Gasteiger charge is 2.23. The van der Waals surface area contributed by atoms with Crippen LogP contribution >= 0.6 is 0 Å². The number of hydrogen-bond donors (Lipinski definition) is 2. The van der Waals surface area contributed by atoms with Gasteiger partial charge in [-0.15, -0.1) is 0 Å². The summed E-state index contributed by atoms with van der Waals surface area (Å²) in [4.78, 5) is 22.6. The minimum Gasteiger partial charge on any atom is -0.494 e. The van der Waals surface area contributed by atoms with Crippen LogP contribution in [0.3, 0.4) is 0 Å². The number of aromatic nitrogens is 2. The van der Waals surface area contributed by atoms with Gasteiger partial charge in [0.2, 0.25) is 0 Å². The van der Waals surface area contributed by atoms with Gasteiger partial charge in [-0.05, 0) is 6.07 Å². The lowest BCUT2D eigenvalue weighted by Gasteiger charge is -2.13. The van der Waals surface area contributed by atoms with Crippen molar-refractivity contribution in [2.45, 2.75) is 13.0 Å². The first kappa shape index (κ1) is 15.0. The number of nitro benzene ring substituents is 1. The largest absolute Gasteiger partial charge is 0.494 e. The number of aromatic amines is 1. The number of nitrogens with zero attached hydrogens (tertiary/aromatic N) is 2. The van der Waals surface area contributed by atoms with Crippen molar-refractivity contribution < 1.29 is 19.2 Å². The predicted molar refractivity (Wildman–Crippen MR) is 79.5 cm³/mol. The van der Waals surface area contributed by atoms with Crippen LogP contribution in [0.4, 0.5) is 11.4 Å². The Morgan fingerprint density at radius 2 is 2.35 bits per heavy atom. The van der Waals surface area contributed by atoms with Gasteiger partial charge in [-0.2, -0.15) is 5.10 Å². The number of amides is 1. The molecule has 0 aliphatic carbocycles. The van der Waals surface area contributed by atoms with Crippen molar-refractivity contribution in [2.75, 3.05) is 19.0 Å². The molecule has 0 saturated carbocycles. The third-order valence-electron chi connectivity index (χ3n) is 3.55. The van der Waals surface area contributed by atoms with E-state index in [0.29, 0.717) is 25.3 Å². The second-order valence-electron chi connectivity index (χ2n) is 4.93. The van der Waals surface area contributed by atoms with Crippen molar-refractivity contribution in [2.24, 2.45) is 0 Å². The van der Waals surface area contributed by atoms with Gasteiger partial charge in [0.15, 0.2) is 5.69 Å². The van der Waals surface area contributed by atoms with E-state index in [1.807, 2.05) is 0 Å². The molecule has 1 amide bonds. The Balaban J connectivity index is 1.85. The average molecular weight is 318 g/mol. The molecule has 23 heavy (non-hydrogen) atoms. The van der Waals surface area contributed by atoms with E-state index in [-0.39, 0.29) is 17.1 Å². The quantitative estimate of drug-likeness (QED) is 0.653. The van der Waals surface area contributed by atoms with Crippen molar-refractivity contribution >= 4 is 17.3 Å². The normalized spacial score (nSPS) is 13.3. The number of H-pyrrole nitrogens is 1. The Hall–Kier alpha value is -2.94. The number of benzene rings is 1. The molecule has 0 radical (unpaired) electrons. The Bertz CT molecular complexity index is 771. The first-order chi connectivity index (χ1) is 11.1. The van der Waals surface area contributed by atoms with E-state index in [4.69, 9.17) is 9.47 Å². The maximum atomic E-state index is 12.4. The third kappa shape index (κ3) is 2.86. The molecule has 1 aromatic carbocycles.